The first kappa shape index (κ1) is 25.8. The van der Waals surface area contributed by atoms with Crippen LogP contribution in [0.25, 0.3) is 11.4 Å². The summed E-state index contributed by atoms with van der Waals surface area (Å²) in [5.41, 5.74) is 0.988. The molecule has 192 valence electrons. The number of morpholine rings is 1. The zero-order chi connectivity index (χ0) is 25.9. The maximum Gasteiger partial charge on any atom is 0.419 e. The summed E-state index contributed by atoms with van der Waals surface area (Å²) in [7, 11) is -2.99. The van der Waals surface area contributed by atoms with Crippen LogP contribution in [-0.2, 0) is 9.48 Å². The van der Waals surface area contributed by atoms with Gasteiger partial charge in [-0.05, 0) is 32.9 Å². The molecule has 11 nitrogen and oxygen atoms in total. The molecule has 4 rings (SSSR count). The van der Waals surface area contributed by atoms with Crippen molar-refractivity contribution in [1.29, 1.82) is 0 Å². The molecule has 0 spiro atoms. The molecule has 3 aromatic rings. The maximum atomic E-state index is 12.1. The topological polar surface area (TPSA) is 143 Å². The van der Waals surface area contributed by atoms with Crippen LogP contribution in [0.2, 0.25) is 0 Å². The third kappa shape index (κ3) is 5.73. The highest BCUT2D eigenvalue weighted by atomic mass is 32.3. The third-order valence-electron chi connectivity index (χ3n) is 6.04. The molecule has 2 aromatic heterocycles. The number of nitrogens with one attached hydrogen (secondary N) is 1. The number of carbonyl (C=O) groups excluding carboxylic acids is 1. The Kier molecular flexibility index (Phi) is 7.41. The third-order valence-corrected chi connectivity index (χ3v) is 8.18. The Labute approximate surface area is 211 Å². The van der Waals surface area contributed by atoms with Crippen molar-refractivity contribution in [1.82, 2.24) is 19.9 Å². The Morgan fingerprint density at radius 2 is 1.89 bits per heavy atom. The number of anilines is 2. The number of ether oxygens (including phenoxy) is 2. The van der Waals surface area contributed by atoms with Gasteiger partial charge in [0.25, 0.3) is 0 Å². The monoisotopic (exact) mass is 514 g/mol. The first-order valence-corrected chi connectivity index (χ1v) is 13.3. The van der Waals surface area contributed by atoms with Gasteiger partial charge in [0, 0.05) is 31.3 Å². The van der Waals surface area contributed by atoms with Gasteiger partial charge in [-0.15, -0.1) is 0 Å². The predicted molar refractivity (Wildman–Crippen MR) is 139 cm³/mol. The van der Waals surface area contributed by atoms with Gasteiger partial charge >= 0.3 is 6.09 Å². The van der Waals surface area contributed by atoms with Gasteiger partial charge in [-0.3, -0.25) is 14.4 Å². The normalized spacial score (nSPS) is 16.9. The number of benzene rings is 1. The van der Waals surface area contributed by atoms with Gasteiger partial charge in [-0.25, -0.2) is 24.7 Å². The molecule has 0 unspecified atom stereocenters. The molecule has 1 fully saturated rings. The van der Waals surface area contributed by atoms with Gasteiger partial charge in [0.1, 0.15) is 11.6 Å². The molecule has 1 amide bonds. The molecule has 0 aliphatic carbocycles. The number of hydrogen-bond donors (Lipinski definition) is 3. The molecular weight excluding hydrogens is 484 g/mol. The van der Waals surface area contributed by atoms with Gasteiger partial charge < -0.3 is 14.4 Å². The van der Waals surface area contributed by atoms with E-state index < -0.39 is 21.4 Å². The number of amides is 1. The van der Waals surface area contributed by atoms with Crippen molar-refractivity contribution in [2.24, 2.45) is 0 Å². The summed E-state index contributed by atoms with van der Waals surface area (Å²) < 4.78 is 30.7. The number of carbonyl (C=O) groups is 1. The first-order chi connectivity index (χ1) is 17.0. The molecule has 1 aliphatic heterocycles. The SMILES string of the molecule is C[C@H]1COCCN1c1cc(C(C)(C)S(C)(O)O)nc(-c2cnc(NC(=O)Oc3ccccc3)nc2)n1. The second-order valence-corrected chi connectivity index (χ2v) is 11.7. The maximum absolute atomic E-state index is 12.1. The van der Waals surface area contributed by atoms with Crippen LogP contribution in [0, 0.1) is 0 Å². The minimum absolute atomic E-state index is 0.0564. The Morgan fingerprint density at radius 3 is 2.53 bits per heavy atom. The molecule has 1 atom stereocenters. The molecule has 12 heteroatoms. The fourth-order valence-electron chi connectivity index (χ4n) is 3.51. The van der Waals surface area contributed by atoms with E-state index in [4.69, 9.17) is 14.5 Å². The highest BCUT2D eigenvalue weighted by Gasteiger charge is 2.35. The molecular formula is C24H30N6O5S. The fourth-order valence-corrected chi connectivity index (χ4v) is 4.01. The number of hydrogen-bond acceptors (Lipinski definition) is 10. The fraction of sp³-hybridized carbons (Fsp3) is 0.375. The zero-order valence-electron chi connectivity index (χ0n) is 20.6. The number of para-hydroxylation sites is 1. The van der Waals surface area contributed by atoms with Crippen molar-refractivity contribution < 1.29 is 23.4 Å². The van der Waals surface area contributed by atoms with Crippen molar-refractivity contribution in [3.05, 3.63) is 54.5 Å². The van der Waals surface area contributed by atoms with E-state index in [0.29, 0.717) is 48.4 Å². The van der Waals surface area contributed by atoms with E-state index in [1.165, 1.54) is 18.6 Å². The second-order valence-electron chi connectivity index (χ2n) is 9.02. The first-order valence-electron chi connectivity index (χ1n) is 11.4. The Balaban J connectivity index is 1.62. The molecule has 0 saturated carbocycles. The van der Waals surface area contributed by atoms with Crippen LogP contribution >= 0.6 is 10.6 Å². The summed E-state index contributed by atoms with van der Waals surface area (Å²) >= 11 is 0. The Morgan fingerprint density at radius 1 is 1.19 bits per heavy atom. The van der Waals surface area contributed by atoms with Crippen LogP contribution in [0.3, 0.4) is 0 Å². The van der Waals surface area contributed by atoms with E-state index >= 15 is 0 Å². The molecule has 1 saturated heterocycles. The van der Waals surface area contributed by atoms with Crippen LogP contribution in [0.4, 0.5) is 16.6 Å². The minimum atomic E-state index is -2.99. The van der Waals surface area contributed by atoms with Crippen LogP contribution in [0.5, 0.6) is 5.75 Å². The molecule has 3 heterocycles. The summed E-state index contributed by atoms with van der Waals surface area (Å²) in [6.45, 7) is 7.28. The Hall–Kier alpha value is -3.32. The lowest BCUT2D eigenvalue weighted by molar-refractivity contribution is 0.0985. The number of rotatable bonds is 6. The second kappa shape index (κ2) is 10.3. The molecule has 0 radical (unpaired) electrons. The quantitative estimate of drug-likeness (QED) is 0.433. The highest BCUT2D eigenvalue weighted by molar-refractivity contribution is 8.24. The van der Waals surface area contributed by atoms with E-state index in [1.54, 1.807) is 44.2 Å². The van der Waals surface area contributed by atoms with Gasteiger partial charge in [0.2, 0.25) is 5.95 Å². The van der Waals surface area contributed by atoms with E-state index in [0.717, 1.165) is 0 Å². The largest absolute Gasteiger partial charge is 0.419 e. The van der Waals surface area contributed by atoms with Gasteiger partial charge in [0.15, 0.2) is 5.82 Å². The lowest BCUT2D eigenvalue weighted by Gasteiger charge is -2.43. The van der Waals surface area contributed by atoms with E-state index in [1.807, 2.05) is 13.0 Å². The van der Waals surface area contributed by atoms with Crippen molar-refractivity contribution >= 4 is 28.4 Å². The summed E-state index contributed by atoms with van der Waals surface area (Å²) in [6.07, 6.45) is 3.68. The van der Waals surface area contributed by atoms with Crippen molar-refractivity contribution in [2.75, 3.05) is 36.2 Å². The van der Waals surface area contributed by atoms with Gasteiger partial charge in [-0.1, -0.05) is 18.2 Å². The van der Waals surface area contributed by atoms with Gasteiger partial charge in [0.05, 0.1) is 35.3 Å². The molecule has 3 N–H and O–H groups in total. The van der Waals surface area contributed by atoms with Crippen molar-refractivity contribution in [2.45, 2.75) is 31.6 Å². The van der Waals surface area contributed by atoms with E-state index in [9.17, 15) is 13.9 Å². The molecule has 0 bridgehead atoms. The van der Waals surface area contributed by atoms with E-state index in [-0.39, 0.29) is 12.0 Å². The summed E-state index contributed by atoms with van der Waals surface area (Å²) in [6, 6.07) is 10.5. The molecule has 1 aliphatic rings. The van der Waals surface area contributed by atoms with Crippen LogP contribution in [-0.4, -0.2) is 67.2 Å². The van der Waals surface area contributed by atoms with Gasteiger partial charge in [-0.2, -0.15) is 10.6 Å². The standard InChI is InChI=1S/C24H30N6O5S/c1-16-15-34-11-10-30(16)20-12-19(24(2,3)36(4,32)33)27-21(28-20)17-13-25-22(26-14-17)29-23(31)35-18-8-6-5-7-9-18/h5-9,12-14,16,32-33H,10-11,15H2,1-4H3,(H,25,26,29,31)/t16-/m0/s1. The van der Waals surface area contributed by atoms with Crippen molar-refractivity contribution in [3.63, 3.8) is 0 Å². The van der Waals surface area contributed by atoms with Crippen molar-refractivity contribution in [3.8, 4) is 17.1 Å². The average molecular weight is 515 g/mol. The number of nitrogens with zero attached hydrogens (tertiary/aromatic N) is 5. The summed E-state index contributed by atoms with van der Waals surface area (Å²) in [5, 5.41) is 2.48. The molecule has 1 aromatic carbocycles. The molecule has 36 heavy (non-hydrogen) atoms. The lowest BCUT2D eigenvalue weighted by Crippen LogP contribution is -2.44. The lowest BCUT2D eigenvalue weighted by atomic mass is 10.1. The highest BCUT2D eigenvalue weighted by Crippen LogP contribution is 2.55. The zero-order valence-corrected chi connectivity index (χ0v) is 21.4. The average Bonchev–Trinajstić information content (AvgIpc) is 2.84. The minimum Gasteiger partial charge on any atom is -0.410 e. The van der Waals surface area contributed by atoms with Crippen LogP contribution in [0.1, 0.15) is 26.5 Å². The van der Waals surface area contributed by atoms with E-state index in [2.05, 4.69) is 25.2 Å². The predicted octanol–water partition coefficient (Wildman–Crippen LogP) is 4.39. The summed E-state index contributed by atoms with van der Waals surface area (Å²) in [4.78, 5) is 32.0. The van der Waals surface area contributed by atoms with Crippen LogP contribution < -0.4 is 15.0 Å². The smallest absolute Gasteiger partial charge is 0.410 e. The summed E-state index contributed by atoms with van der Waals surface area (Å²) in [5.74, 6) is 1.43. The Bertz CT molecular complexity index is 1200. The van der Waals surface area contributed by atoms with Crippen LogP contribution in [0.15, 0.2) is 48.8 Å². The number of aromatic nitrogens is 4.